The number of aryl methyl sites for hydroxylation is 2. The number of ether oxygens (including phenoxy) is 2. The molecule has 1 unspecified atom stereocenters. The van der Waals surface area contributed by atoms with Crippen molar-refractivity contribution in [2.75, 3.05) is 13.7 Å². The van der Waals surface area contributed by atoms with Crippen molar-refractivity contribution < 1.29 is 24.2 Å². The SMILES string of the molecule is COC(CNC(=O)c1cc(C)c(OCc2cccnc2)c(C)c1)C(=O)O. The third kappa shape index (κ3) is 5.03. The van der Waals surface area contributed by atoms with Crippen LogP contribution in [0.15, 0.2) is 36.7 Å². The van der Waals surface area contributed by atoms with Gasteiger partial charge >= 0.3 is 5.97 Å². The second-order valence-corrected chi connectivity index (χ2v) is 5.86. The fourth-order valence-electron chi connectivity index (χ4n) is 2.51. The zero-order valence-corrected chi connectivity index (χ0v) is 15.0. The molecule has 1 amide bonds. The van der Waals surface area contributed by atoms with Crippen LogP contribution in [0.25, 0.3) is 0 Å². The Morgan fingerprint density at radius 2 is 1.96 bits per heavy atom. The van der Waals surface area contributed by atoms with Gasteiger partial charge in [-0.15, -0.1) is 0 Å². The summed E-state index contributed by atoms with van der Waals surface area (Å²) in [7, 11) is 1.29. The first-order valence-electron chi connectivity index (χ1n) is 8.09. The van der Waals surface area contributed by atoms with Crippen molar-refractivity contribution in [2.24, 2.45) is 0 Å². The van der Waals surface area contributed by atoms with E-state index in [0.29, 0.717) is 17.9 Å². The molecule has 26 heavy (non-hydrogen) atoms. The molecule has 2 aromatic rings. The number of methoxy groups -OCH3 is 1. The Morgan fingerprint density at radius 3 is 2.50 bits per heavy atom. The molecule has 0 saturated carbocycles. The first-order chi connectivity index (χ1) is 12.4. The molecule has 0 spiro atoms. The fraction of sp³-hybridized carbons (Fsp3) is 0.316. The highest BCUT2D eigenvalue weighted by Crippen LogP contribution is 2.25. The highest BCUT2D eigenvalue weighted by molar-refractivity contribution is 5.95. The number of carboxylic acid groups (broad SMARTS) is 1. The topological polar surface area (TPSA) is 97.8 Å². The summed E-state index contributed by atoms with van der Waals surface area (Å²) in [5.74, 6) is -0.775. The van der Waals surface area contributed by atoms with Gasteiger partial charge in [-0.3, -0.25) is 9.78 Å². The van der Waals surface area contributed by atoms with Crippen molar-refractivity contribution >= 4 is 11.9 Å². The second-order valence-electron chi connectivity index (χ2n) is 5.86. The van der Waals surface area contributed by atoms with Crippen LogP contribution in [0.4, 0.5) is 0 Å². The predicted molar refractivity (Wildman–Crippen MR) is 95.3 cm³/mol. The Kier molecular flexibility index (Phi) is 6.68. The summed E-state index contributed by atoms with van der Waals surface area (Å²) in [6, 6.07) is 7.19. The molecular weight excluding hydrogens is 336 g/mol. The number of rotatable bonds is 8. The number of carbonyl (C=O) groups is 2. The van der Waals surface area contributed by atoms with Crippen LogP contribution in [-0.4, -0.2) is 41.7 Å². The number of pyridine rings is 1. The minimum Gasteiger partial charge on any atom is -0.488 e. The number of nitrogens with one attached hydrogen (secondary N) is 1. The number of carbonyl (C=O) groups excluding carboxylic acids is 1. The molecule has 2 N–H and O–H groups in total. The van der Waals surface area contributed by atoms with Gasteiger partial charge in [0.2, 0.25) is 0 Å². The number of hydrogen-bond donors (Lipinski definition) is 2. The second kappa shape index (κ2) is 8.96. The van der Waals surface area contributed by atoms with Gasteiger partial charge in [-0.05, 0) is 43.2 Å². The molecule has 0 aliphatic heterocycles. The number of hydrogen-bond acceptors (Lipinski definition) is 5. The Hall–Kier alpha value is -2.93. The lowest BCUT2D eigenvalue weighted by Crippen LogP contribution is -2.37. The zero-order valence-electron chi connectivity index (χ0n) is 15.0. The Bertz CT molecular complexity index is 754. The highest BCUT2D eigenvalue weighted by atomic mass is 16.5. The van der Waals surface area contributed by atoms with Gasteiger partial charge in [0.1, 0.15) is 12.4 Å². The lowest BCUT2D eigenvalue weighted by Gasteiger charge is -2.15. The van der Waals surface area contributed by atoms with Crippen LogP contribution in [0.1, 0.15) is 27.0 Å². The summed E-state index contributed by atoms with van der Waals surface area (Å²) in [6.07, 6.45) is 2.36. The van der Waals surface area contributed by atoms with Gasteiger partial charge in [-0.2, -0.15) is 0 Å². The van der Waals surface area contributed by atoms with Crippen molar-refractivity contribution in [3.8, 4) is 5.75 Å². The minimum atomic E-state index is -1.13. The summed E-state index contributed by atoms with van der Waals surface area (Å²) in [4.78, 5) is 27.2. The van der Waals surface area contributed by atoms with E-state index in [2.05, 4.69) is 10.3 Å². The van der Waals surface area contributed by atoms with Gasteiger partial charge in [-0.1, -0.05) is 6.07 Å². The van der Waals surface area contributed by atoms with Crippen molar-refractivity contribution in [1.82, 2.24) is 10.3 Å². The number of benzene rings is 1. The predicted octanol–water partition coefficient (Wildman–Crippen LogP) is 2.11. The Labute approximate surface area is 152 Å². The van der Waals surface area contributed by atoms with E-state index in [-0.39, 0.29) is 12.5 Å². The van der Waals surface area contributed by atoms with E-state index in [0.717, 1.165) is 16.7 Å². The van der Waals surface area contributed by atoms with E-state index in [1.54, 1.807) is 24.5 Å². The van der Waals surface area contributed by atoms with Gasteiger partial charge in [0, 0.05) is 30.6 Å². The number of carboxylic acids is 1. The number of aromatic nitrogens is 1. The Morgan fingerprint density at radius 1 is 1.27 bits per heavy atom. The molecule has 0 bridgehead atoms. The molecule has 0 radical (unpaired) electrons. The van der Waals surface area contributed by atoms with Crippen LogP contribution >= 0.6 is 0 Å². The van der Waals surface area contributed by atoms with Gasteiger partial charge in [-0.25, -0.2) is 4.79 Å². The third-order valence-corrected chi connectivity index (χ3v) is 3.84. The minimum absolute atomic E-state index is 0.109. The lowest BCUT2D eigenvalue weighted by molar-refractivity contribution is -0.148. The average molecular weight is 358 g/mol. The van der Waals surface area contributed by atoms with E-state index in [1.165, 1.54) is 7.11 Å². The smallest absolute Gasteiger partial charge is 0.334 e. The summed E-state index contributed by atoms with van der Waals surface area (Å²) in [6.45, 7) is 3.99. The zero-order chi connectivity index (χ0) is 19.1. The number of amides is 1. The molecule has 1 aromatic carbocycles. The maximum atomic E-state index is 12.3. The van der Waals surface area contributed by atoms with Crippen LogP contribution in [0.3, 0.4) is 0 Å². The van der Waals surface area contributed by atoms with E-state index < -0.39 is 12.1 Å². The van der Waals surface area contributed by atoms with Gasteiger partial charge in [0.05, 0.1) is 6.54 Å². The van der Waals surface area contributed by atoms with E-state index in [4.69, 9.17) is 14.6 Å². The summed E-state index contributed by atoms with van der Waals surface area (Å²) in [5.41, 5.74) is 3.03. The number of aliphatic carboxylic acids is 1. The molecular formula is C19H22N2O5. The van der Waals surface area contributed by atoms with E-state index in [1.807, 2.05) is 26.0 Å². The third-order valence-electron chi connectivity index (χ3n) is 3.84. The lowest BCUT2D eigenvalue weighted by atomic mass is 10.0. The molecule has 0 fully saturated rings. The van der Waals surface area contributed by atoms with E-state index >= 15 is 0 Å². The molecule has 7 nitrogen and oxygen atoms in total. The first-order valence-corrected chi connectivity index (χ1v) is 8.09. The van der Waals surface area contributed by atoms with Gasteiger partial charge in [0.25, 0.3) is 5.91 Å². The quantitative estimate of drug-likeness (QED) is 0.750. The molecule has 1 atom stereocenters. The molecule has 1 aromatic heterocycles. The van der Waals surface area contributed by atoms with Crippen LogP contribution in [0.5, 0.6) is 5.75 Å². The first kappa shape index (κ1) is 19.4. The van der Waals surface area contributed by atoms with Gasteiger partial charge < -0.3 is 19.9 Å². The van der Waals surface area contributed by atoms with Crippen LogP contribution in [0, 0.1) is 13.8 Å². The fourth-order valence-corrected chi connectivity index (χ4v) is 2.51. The maximum Gasteiger partial charge on any atom is 0.334 e. The molecule has 2 rings (SSSR count). The normalized spacial score (nSPS) is 11.7. The molecule has 138 valence electrons. The number of nitrogens with zero attached hydrogens (tertiary/aromatic N) is 1. The van der Waals surface area contributed by atoms with Crippen LogP contribution < -0.4 is 10.1 Å². The van der Waals surface area contributed by atoms with Crippen molar-refractivity contribution in [1.29, 1.82) is 0 Å². The largest absolute Gasteiger partial charge is 0.488 e. The highest BCUT2D eigenvalue weighted by Gasteiger charge is 2.18. The summed E-state index contributed by atoms with van der Waals surface area (Å²) in [5, 5.41) is 11.5. The summed E-state index contributed by atoms with van der Waals surface area (Å²) < 4.78 is 10.7. The summed E-state index contributed by atoms with van der Waals surface area (Å²) >= 11 is 0. The monoisotopic (exact) mass is 358 g/mol. The molecule has 0 aliphatic rings. The standard InChI is InChI=1S/C19H22N2O5/c1-12-7-15(18(22)21-10-16(25-3)19(23)24)8-13(2)17(12)26-11-14-5-4-6-20-9-14/h4-9,16H,10-11H2,1-3H3,(H,21,22)(H,23,24). The van der Waals surface area contributed by atoms with Crippen LogP contribution in [0.2, 0.25) is 0 Å². The van der Waals surface area contributed by atoms with E-state index in [9.17, 15) is 9.59 Å². The van der Waals surface area contributed by atoms with Crippen molar-refractivity contribution in [2.45, 2.75) is 26.6 Å². The maximum absolute atomic E-state index is 12.3. The van der Waals surface area contributed by atoms with Crippen LogP contribution in [-0.2, 0) is 16.1 Å². The molecule has 0 saturated heterocycles. The van der Waals surface area contributed by atoms with Crippen molar-refractivity contribution in [3.63, 3.8) is 0 Å². The molecule has 0 aliphatic carbocycles. The molecule has 1 heterocycles. The Balaban J connectivity index is 2.05. The average Bonchev–Trinajstić information content (AvgIpc) is 2.61. The van der Waals surface area contributed by atoms with Crippen molar-refractivity contribution in [3.05, 3.63) is 58.9 Å². The van der Waals surface area contributed by atoms with Gasteiger partial charge in [0.15, 0.2) is 6.10 Å². The molecule has 7 heteroatoms.